The molecule has 0 spiro atoms. The highest BCUT2D eigenvalue weighted by atomic mass is 14.6. The van der Waals surface area contributed by atoms with Crippen LogP contribution < -0.4 is 0 Å². The van der Waals surface area contributed by atoms with E-state index in [4.69, 9.17) is 0 Å². The molecule has 1 heteroatoms. The van der Waals surface area contributed by atoms with Crippen molar-refractivity contribution >= 4 is 0 Å². The Morgan fingerprint density at radius 1 is 1.05 bits per heavy atom. The number of benzene rings is 1. The van der Waals surface area contributed by atoms with E-state index >= 15 is 0 Å². The first kappa shape index (κ1) is 12.2. The molecule has 0 amide bonds. The molecule has 0 aliphatic heterocycles. The molecule has 1 aliphatic carbocycles. The van der Waals surface area contributed by atoms with Gasteiger partial charge in [-0.05, 0) is 54.0 Å². The monoisotopic (exact) mass is 249 g/mol. The number of nitrogens with zero attached hydrogens (tertiary/aromatic N) is 1. The van der Waals surface area contributed by atoms with Crippen molar-refractivity contribution in [1.82, 2.24) is 4.98 Å². The van der Waals surface area contributed by atoms with Gasteiger partial charge in [0.15, 0.2) is 0 Å². The molecule has 3 rings (SSSR count). The van der Waals surface area contributed by atoms with Crippen molar-refractivity contribution in [3.8, 4) is 0 Å². The second kappa shape index (κ2) is 5.40. The Morgan fingerprint density at radius 2 is 1.89 bits per heavy atom. The van der Waals surface area contributed by atoms with Crippen molar-refractivity contribution in [3.05, 3.63) is 77.6 Å². The standard InChI is InChI=1S/C18H19N/c1-2-18(17-8-5-11-19-13-17)16-10-9-14-6-3-4-7-15(14)12-16/h2,5,8-13,18H,1,3-4,6-7H2. The van der Waals surface area contributed by atoms with E-state index in [0.717, 1.165) is 0 Å². The topological polar surface area (TPSA) is 12.9 Å². The summed E-state index contributed by atoms with van der Waals surface area (Å²) < 4.78 is 0. The van der Waals surface area contributed by atoms with E-state index in [1.165, 1.54) is 47.9 Å². The molecular weight excluding hydrogens is 230 g/mol. The number of aromatic nitrogens is 1. The Bertz CT molecular complexity index is 571. The summed E-state index contributed by atoms with van der Waals surface area (Å²) in [5, 5.41) is 0. The summed E-state index contributed by atoms with van der Waals surface area (Å²) in [4.78, 5) is 4.22. The highest BCUT2D eigenvalue weighted by Crippen LogP contribution is 2.29. The molecule has 1 aliphatic rings. The molecule has 0 saturated heterocycles. The fourth-order valence-corrected chi connectivity index (χ4v) is 2.97. The lowest BCUT2D eigenvalue weighted by molar-refractivity contribution is 0.684. The Labute approximate surface area is 115 Å². The number of hydrogen-bond acceptors (Lipinski definition) is 1. The zero-order valence-corrected chi connectivity index (χ0v) is 11.2. The highest BCUT2D eigenvalue weighted by molar-refractivity contribution is 5.41. The molecule has 1 unspecified atom stereocenters. The Kier molecular flexibility index (Phi) is 3.45. The summed E-state index contributed by atoms with van der Waals surface area (Å²) in [6.45, 7) is 4.00. The maximum absolute atomic E-state index is 4.22. The third-order valence-electron chi connectivity index (χ3n) is 4.01. The van der Waals surface area contributed by atoms with Gasteiger partial charge < -0.3 is 0 Å². The number of hydrogen-bond donors (Lipinski definition) is 0. The molecule has 1 aromatic carbocycles. The number of rotatable bonds is 3. The van der Waals surface area contributed by atoms with Gasteiger partial charge in [-0.2, -0.15) is 0 Å². The van der Waals surface area contributed by atoms with Crippen LogP contribution in [0.5, 0.6) is 0 Å². The van der Waals surface area contributed by atoms with Crippen LogP contribution in [0.2, 0.25) is 0 Å². The molecular formula is C18H19N. The first-order chi connectivity index (χ1) is 9.38. The highest BCUT2D eigenvalue weighted by Gasteiger charge is 2.14. The predicted octanol–water partition coefficient (Wildman–Crippen LogP) is 4.28. The molecule has 0 bridgehead atoms. The molecule has 0 saturated carbocycles. The van der Waals surface area contributed by atoms with E-state index < -0.39 is 0 Å². The summed E-state index contributed by atoms with van der Waals surface area (Å²) in [6.07, 6.45) is 10.9. The number of fused-ring (bicyclic) bond motifs is 1. The minimum atomic E-state index is 0.251. The minimum absolute atomic E-state index is 0.251. The van der Waals surface area contributed by atoms with Crippen LogP contribution in [0.4, 0.5) is 0 Å². The maximum Gasteiger partial charge on any atom is 0.0309 e. The van der Waals surface area contributed by atoms with Crippen LogP contribution in [-0.4, -0.2) is 4.98 Å². The Hall–Kier alpha value is -1.89. The minimum Gasteiger partial charge on any atom is -0.264 e. The second-order valence-corrected chi connectivity index (χ2v) is 5.23. The van der Waals surface area contributed by atoms with Crippen molar-refractivity contribution in [2.45, 2.75) is 31.6 Å². The molecule has 96 valence electrons. The SMILES string of the molecule is C=CC(c1cccnc1)c1ccc2c(c1)CCCC2. The van der Waals surface area contributed by atoms with Gasteiger partial charge in [-0.15, -0.1) is 6.58 Å². The average Bonchev–Trinajstić information content (AvgIpc) is 2.49. The van der Waals surface area contributed by atoms with E-state index in [1.807, 2.05) is 24.5 Å². The zero-order valence-electron chi connectivity index (χ0n) is 11.2. The van der Waals surface area contributed by atoms with E-state index in [1.54, 1.807) is 0 Å². The van der Waals surface area contributed by atoms with Crippen molar-refractivity contribution in [3.63, 3.8) is 0 Å². The van der Waals surface area contributed by atoms with Gasteiger partial charge in [0, 0.05) is 18.3 Å². The molecule has 0 N–H and O–H groups in total. The smallest absolute Gasteiger partial charge is 0.0309 e. The molecule has 1 nitrogen and oxygen atoms in total. The summed E-state index contributed by atoms with van der Waals surface area (Å²) in [5.74, 6) is 0.251. The summed E-state index contributed by atoms with van der Waals surface area (Å²) in [7, 11) is 0. The molecule has 0 fully saturated rings. The lowest BCUT2D eigenvalue weighted by atomic mass is 9.85. The lowest BCUT2D eigenvalue weighted by Crippen LogP contribution is -2.05. The van der Waals surface area contributed by atoms with Gasteiger partial charge in [-0.3, -0.25) is 4.98 Å². The molecule has 1 heterocycles. The Balaban J connectivity index is 1.98. The zero-order chi connectivity index (χ0) is 13.1. The van der Waals surface area contributed by atoms with Crippen LogP contribution in [-0.2, 0) is 12.8 Å². The predicted molar refractivity (Wildman–Crippen MR) is 79.4 cm³/mol. The molecule has 2 aromatic rings. The van der Waals surface area contributed by atoms with Gasteiger partial charge in [-0.25, -0.2) is 0 Å². The van der Waals surface area contributed by atoms with Gasteiger partial charge in [0.05, 0.1) is 0 Å². The number of aryl methyl sites for hydroxylation is 2. The second-order valence-electron chi connectivity index (χ2n) is 5.23. The van der Waals surface area contributed by atoms with Crippen LogP contribution in [0.15, 0.2) is 55.4 Å². The van der Waals surface area contributed by atoms with Crippen molar-refractivity contribution in [2.24, 2.45) is 0 Å². The summed E-state index contributed by atoms with van der Waals surface area (Å²) in [5.41, 5.74) is 5.61. The van der Waals surface area contributed by atoms with Crippen LogP contribution in [0.3, 0.4) is 0 Å². The normalized spacial score (nSPS) is 15.6. The average molecular weight is 249 g/mol. The van der Waals surface area contributed by atoms with Crippen LogP contribution in [0.25, 0.3) is 0 Å². The molecule has 1 atom stereocenters. The maximum atomic E-state index is 4.22. The van der Waals surface area contributed by atoms with Crippen LogP contribution in [0, 0.1) is 0 Å². The van der Waals surface area contributed by atoms with Gasteiger partial charge in [0.1, 0.15) is 0 Å². The lowest BCUT2D eigenvalue weighted by Gasteiger charge is -2.19. The number of pyridine rings is 1. The van der Waals surface area contributed by atoms with E-state index in [-0.39, 0.29) is 5.92 Å². The van der Waals surface area contributed by atoms with Crippen molar-refractivity contribution < 1.29 is 0 Å². The fourth-order valence-electron chi connectivity index (χ4n) is 2.97. The largest absolute Gasteiger partial charge is 0.264 e. The Morgan fingerprint density at radius 3 is 2.63 bits per heavy atom. The summed E-state index contributed by atoms with van der Waals surface area (Å²) in [6, 6.07) is 11.0. The molecule has 19 heavy (non-hydrogen) atoms. The van der Waals surface area contributed by atoms with Crippen LogP contribution >= 0.6 is 0 Å². The molecule has 0 radical (unpaired) electrons. The van der Waals surface area contributed by atoms with E-state index in [9.17, 15) is 0 Å². The summed E-state index contributed by atoms with van der Waals surface area (Å²) >= 11 is 0. The van der Waals surface area contributed by atoms with Crippen LogP contribution in [0.1, 0.15) is 41.0 Å². The fraction of sp³-hybridized carbons (Fsp3) is 0.278. The van der Waals surface area contributed by atoms with Crippen molar-refractivity contribution in [2.75, 3.05) is 0 Å². The van der Waals surface area contributed by atoms with E-state index in [0.29, 0.717) is 0 Å². The van der Waals surface area contributed by atoms with E-state index in [2.05, 4.69) is 35.8 Å². The van der Waals surface area contributed by atoms with Gasteiger partial charge in [0.25, 0.3) is 0 Å². The third kappa shape index (κ3) is 2.46. The number of allylic oxidation sites excluding steroid dienone is 1. The van der Waals surface area contributed by atoms with Gasteiger partial charge >= 0.3 is 0 Å². The van der Waals surface area contributed by atoms with Gasteiger partial charge in [-0.1, -0.05) is 30.3 Å². The van der Waals surface area contributed by atoms with Crippen molar-refractivity contribution in [1.29, 1.82) is 0 Å². The molecule has 1 aromatic heterocycles. The third-order valence-corrected chi connectivity index (χ3v) is 4.01. The first-order valence-electron chi connectivity index (χ1n) is 7.02. The first-order valence-corrected chi connectivity index (χ1v) is 7.02. The quantitative estimate of drug-likeness (QED) is 0.740. The van der Waals surface area contributed by atoms with Gasteiger partial charge in [0.2, 0.25) is 0 Å².